The van der Waals surface area contributed by atoms with E-state index in [2.05, 4.69) is 13.8 Å². The zero-order valence-corrected chi connectivity index (χ0v) is 9.37. The fourth-order valence-corrected chi connectivity index (χ4v) is 0.759. The molecule has 1 amide bonds. The molecule has 0 unspecified atom stereocenters. The van der Waals surface area contributed by atoms with Gasteiger partial charge in [0.25, 0.3) is 0 Å². The number of nitrogens with zero attached hydrogens (tertiary/aromatic N) is 1. The molecule has 0 aromatic carbocycles. The van der Waals surface area contributed by atoms with E-state index in [0.717, 1.165) is 6.42 Å². The molecule has 0 rings (SSSR count). The van der Waals surface area contributed by atoms with Crippen LogP contribution in [0.25, 0.3) is 0 Å². The number of hydrogen-bond acceptors (Lipinski definition) is 3. The highest BCUT2D eigenvalue weighted by Crippen LogP contribution is 1.99. The maximum absolute atomic E-state index is 11.1. The molecule has 0 bridgehead atoms. The predicted molar refractivity (Wildman–Crippen MR) is 53.7 cm³/mol. The predicted octanol–water partition coefficient (Wildman–Crippen LogP) is 1.05. The molecule has 0 aliphatic heterocycles. The minimum Gasteiger partial charge on any atom is -0.464 e. The normalized spacial score (nSPS) is 10.1. The molecule has 0 radical (unpaired) electrons. The summed E-state index contributed by atoms with van der Waals surface area (Å²) in [6, 6.07) is 0. The third-order valence-electron chi connectivity index (χ3n) is 1.86. The summed E-state index contributed by atoms with van der Waals surface area (Å²) < 4.78 is 4.94. The summed E-state index contributed by atoms with van der Waals surface area (Å²) in [4.78, 5) is 23.2. The van der Waals surface area contributed by atoms with Crippen LogP contribution in [-0.4, -0.2) is 37.0 Å². The summed E-state index contributed by atoms with van der Waals surface area (Å²) in [6.07, 6.45) is 0.857. The Balaban J connectivity index is 3.60. The molecule has 0 spiro atoms. The molecular formula is C10H19NO3. The van der Waals surface area contributed by atoms with Gasteiger partial charge in [0.05, 0.1) is 6.61 Å². The van der Waals surface area contributed by atoms with Gasteiger partial charge < -0.3 is 9.64 Å². The van der Waals surface area contributed by atoms with E-state index >= 15 is 0 Å². The van der Waals surface area contributed by atoms with Crippen molar-refractivity contribution in [3.63, 3.8) is 0 Å². The maximum Gasteiger partial charge on any atom is 0.325 e. The highest BCUT2D eigenvalue weighted by molar-refractivity contribution is 5.80. The Morgan fingerprint density at radius 1 is 1.36 bits per heavy atom. The minimum absolute atomic E-state index is 0.0351. The number of likely N-dealkylation sites (N-methyl/N-ethyl adjacent to an activating group) is 1. The number of carbonyl (C=O) groups is 2. The summed E-state index contributed by atoms with van der Waals surface area (Å²) in [5, 5.41) is 0. The van der Waals surface area contributed by atoms with Gasteiger partial charge in [-0.1, -0.05) is 13.8 Å². The van der Waals surface area contributed by atoms with E-state index in [0.29, 0.717) is 12.5 Å². The molecular weight excluding hydrogens is 182 g/mol. The first-order valence-electron chi connectivity index (χ1n) is 4.80. The average molecular weight is 201 g/mol. The SMILES string of the molecule is CC(=O)N(C)CC(=O)OCCC(C)C. The summed E-state index contributed by atoms with van der Waals surface area (Å²) in [5.41, 5.74) is 0. The van der Waals surface area contributed by atoms with Gasteiger partial charge >= 0.3 is 5.97 Å². The first kappa shape index (κ1) is 12.9. The molecule has 0 aromatic rings. The van der Waals surface area contributed by atoms with Crippen LogP contribution in [0.15, 0.2) is 0 Å². The highest BCUT2D eigenvalue weighted by atomic mass is 16.5. The average Bonchev–Trinajstić information content (AvgIpc) is 2.02. The third-order valence-corrected chi connectivity index (χ3v) is 1.86. The second kappa shape index (κ2) is 6.40. The van der Waals surface area contributed by atoms with Crippen molar-refractivity contribution in [3.05, 3.63) is 0 Å². The molecule has 0 aromatic heterocycles. The van der Waals surface area contributed by atoms with Crippen LogP contribution in [0, 0.1) is 5.92 Å². The summed E-state index contributed by atoms with van der Waals surface area (Å²) in [5.74, 6) is 0.0440. The highest BCUT2D eigenvalue weighted by Gasteiger charge is 2.09. The van der Waals surface area contributed by atoms with Gasteiger partial charge in [-0.05, 0) is 12.3 Å². The van der Waals surface area contributed by atoms with Crippen molar-refractivity contribution in [2.24, 2.45) is 5.92 Å². The number of ether oxygens (including phenoxy) is 1. The van der Waals surface area contributed by atoms with Crippen LogP contribution in [0.4, 0.5) is 0 Å². The Labute approximate surface area is 85.2 Å². The minimum atomic E-state index is -0.344. The lowest BCUT2D eigenvalue weighted by Gasteiger charge is -2.13. The van der Waals surface area contributed by atoms with Crippen LogP contribution in [0.2, 0.25) is 0 Å². The van der Waals surface area contributed by atoms with Crippen molar-refractivity contribution in [3.8, 4) is 0 Å². The second-order valence-electron chi connectivity index (χ2n) is 3.78. The molecule has 0 atom stereocenters. The molecule has 0 fully saturated rings. The lowest BCUT2D eigenvalue weighted by atomic mass is 10.1. The van der Waals surface area contributed by atoms with Crippen molar-refractivity contribution in [1.82, 2.24) is 4.90 Å². The summed E-state index contributed by atoms with van der Waals surface area (Å²) in [6.45, 7) is 6.02. The van der Waals surface area contributed by atoms with E-state index in [-0.39, 0.29) is 18.4 Å². The lowest BCUT2D eigenvalue weighted by Crippen LogP contribution is -2.31. The Morgan fingerprint density at radius 2 is 1.93 bits per heavy atom. The van der Waals surface area contributed by atoms with E-state index in [1.165, 1.54) is 11.8 Å². The molecule has 0 aliphatic carbocycles. The summed E-state index contributed by atoms with van der Waals surface area (Å²) in [7, 11) is 1.58. The van der Waals surface area contributed by atoms with Crippen LogP contribution < -0.4 is 0 Å². The van der Waals surface area contributed by atoms with Gasteiger partial charge in [0.15, 0.2) is 0 Å². The Kier molecular flexibility index (Phi) is 5.92. The van der Waals surface area contributed by atoms with Gasteiger partial charge in [-0.3, -0.25) is 9.59 Å². The number of carbonyl (C=O) groups excluding carboxylic acids is 2. The van der Waals surface area contributed by atoms with Gasteiger partial charge in [-0.2, -0.15) is 0 Å². The van der Waals surface area contributed by atoms with Gasteiger partial charge in [0.1, 0.15) is 6.54 Å². The largest absolute Gasteiger partial charge is 0.464 e. The fraction of sp³-hybridized carbons (Fsp3) is 0.800. The number of esters is 1. The quantitative estimate of drug-likeness (QED) is 0.625. The smallest absolute Gasteiger partial charge is 0.325 e. The Bertz CT molecular complexity index is 202. The zero-order chi connectivity index (χ0) is 11.1. The van der Waals surface area contributed by atoms with Crippen LogP contribution in [0.1, 0.15) is 27.2 Å². The number of rotatable bonds is 5. The molecule has 82 valence electrons. The molecule has 0 saturated heterocycles. The first-order valence-corrected chi connectivity index (χ1v) is 4.80. The zero-order valence-electron chi connectivity index (χ0n) is 9.37. The second-order valence-corrected chi connectivity index (χ2v) is 3.78. The maximum atomic E-state index is 11.1. The van der Waals surface area contributed by atoms with Crippen LogP contribution in [-0.2, 0) is 14.3 Å². The molecule has 0 N–H and O–H groups in total. The molecule has 4 nitrogen and oxygen atoms in total. The third kappa shape index (κ3) is 6.46. The molecule has 4 heteroatoms. The van der Waals surface area contributed by atoms with Crippen LogP contribution in [0.5, 0.6) is 0 Å². The molecule has 0 saturated carbocycles. The molecule has 0 aliphatic rings. The standard InChI is InChI=1S/C10H19NO3/c1-8(2)5-6-14-10(13)7-11(4)9(3)12/h8H,5-7H2,1-4H3. The van der Waals surface area contributed by atoms with Gasteiger partial charge in [-0.25, -0.2) is 0 Å². The van der Waals surface area contributed by atoms with Gasteiger partial charge in [0.2, 0.25) is 5.91 Å². The fourth-order valence-electron chi connectivity index (χ4n) is 0.759. The van der Waals surface area contributed by atoms with Gasteiger partial charge in [0, 0.05) is 14.0 Å². The number of hydrogen-bond donors (Lipinski definition) is 0. The molecule has 0 heterocycles. The van der Waals surface area contributed by atoms with Crippen molar-refractivity contribution >= 4 is 11.9 Å². The van der Waals surface area contributed by atoms with E-state index in [1.807, 2.05) is 0 Å². The van der Waals surface area contributed by atoms with Crippen molar-refractivity contribution in [2.75, 3.05) is 20.2 Å². The van der Waals surface area contributed by atoms with E-state index < -0.39 is 0 Å². The Morgan fingerprint density at radius 3 is 2.36 bits per heavy atom. The van der Waals surface area contributed by atoms with E-state index in [9.17, 15) is 9.59 Å². The summed E-state index contributed by atoms with van der Waals surface area (Å²) >= 11 is 0. The monoisotopic (exact) mass is 201 g/mol. The van der Waals surface area contributed by atoms with Crippen molar-refractivity contribution in [2.45, 2.75) is 27.2 Å². The van der Waals surface area contributed by atoms with E-state index in [4.69, 9.17) is 4.74 Å². The van der Waals surface area contributed by atoms with Crippen LogP contribution in [0.3, 0.4) is 0 Å². The van der Waals surface area contributed by atoms with E-state index in [1.54, 1.807) is 7.05 Å². The molecule has 14 heavy (non-hydrogen) atoms. The Hall–Kier alpha value is -1.06. The van der Waals surface area contributed by atoms with Crippen molar-refractivity contribution in [1.29, 1.82) is 0 Å². The van der Waals surface area contributed by atoms with Crippen molar-refractivity contribution < 1.29 is 14.3 Å². The van der Waals surface area contributed by atoms with Crippen LogP contribution >= 0.6 is 0 Å². The van der Waals surface area contributed by atoms with Gasteiger partial charge in [-0.15, -0.1) is 0 Å². The number of amides is 1. The lowest BCUT2D eigenvalue weighted by molar-refractivity contribution is -0.148. The topological polar surface area (TPSA) is 46.6 Å². The first-order chi connectivity index (χ1) is 6.43.